The maximum Gasteiger partial charge on any atom is -0.0179 e. The fourth-order valence-corrected chi connectivity index (χ4v) is 1.23. The van der Waals surface area contributed by atoms with Gasteiger partial charge in [0, 0.05) is 0 Å². The lowest BCUT2D eigenvalue weighted by molar-refractivity contribution is 1.60. The molecule has 0 bridgehead atoms. The minimum atomic E-state index is 1.20. The molecule has 0 aromatic heterocycles. The van der Waals surface area contributed by atoms with E-state index in [4.69, 9.17) is 0 Å². The molecule has 1 aromatic carbocycles. The SMILES string of the molecule is C/C=C\c1ccccc1/C=C/S. The van der Waals surface area contributed by atoms with Crippen molar-refractivity contribution in [1.82, 2.24) is 0 Å². The highest BCUT2D eigenvalue weighted by molar-refractivity contribution is 7.83. The van der Waals surface area contributed by atoms with Crippen LogP contribution in [0, 0.1) is 0 Å². The molecule has 1 aromatic rings. The molecule has 0 fully saturated rings. The van der Waals surface area contributed by atoms with Crippen LogP contribution in [0.15, 0.2) is 35.7 Å². The van der Waals surface area contributed by atoms with Crippen molar-refractivity contribution in [3.63, 3.8) is 0 Å². The van der Waals surface area contributed by atoms with Crippen molar-refractivity contribution in [3.05, 3.63) is 46.9 Å². The molecule has 0 unspecified atom stereocenters. The van der Waals surface area contributed by atoms with Crippen LogP contribution in [0.4, 0.5) is 0 Å². The lowest BCUT2D eigenvalue weighted by Crippen LogP contribution is -1.77. The maximum atomic E-state index is 4.04. The first-order chi connectivity index (χ1) is 5.88. The smallest absolute Gasteiger partial charge is 0.0179 e. The largest absolute Gasteiger partial charge is 0.151 e. The monoisotopic (exact) mass is 176 g/mol. The molecule has 1 rings (SSSR count). The molecule has 0 atom stereocenters. The molecule has 0 spiro atoms. The van der Waals surface area contributed by atoms with Gasteiger partial charge in [0.25, 0.3) is 0 Å². The second kappa shape index (κ2) is 4.83. The third-order valence-corrected chi connectivity index (χ3v) is 1.75. The minimum absolute atomic E-state index is 1.20. The number of benzene rings is 1. The van der Waals surface area contributed by atoms with E-state index in [-0.39, 0.29) is 0 Å². The summed E-state index contributed by atoms with van der Waals surface area (Å²) in [7, 11) is 0. The molecular weight excluding hydrogens is 164 g/mol. The molecular formula is C11H12S. The Kier molecular flexibility index (Phi) is 3.68. The van der Waals surface area contributed by atoms with Crippen LogP contribution in [0.3, 0.4) is 0 Å². The fraction of sp³-hybridized carbons (Fsp3) is 0.0909. The van der Waals surface area contributed by atoms with Crippen molar-refractivity contribution in [2.24, 2.45) is 0 Å². The molecule has 0 saturated carbocycles. The molecule has 12 heavy (non-hydrogen) atoms. The van der Waals surface area contributed by atoms with Gasteiger partial charge in [0.2, 0.25) is 0 Å². The molecule has 62 valence electrons. The molecule has 0 aliphatic heterocycles. The van der Waals surface area contributed by atoms with Crippen LogP contribution in [0.25, 0.3) is 12.2 Å². The number of rotatable bonds is 2. The Hall–Kier alpha value is -0.950. The first-order valence-electron chi connectivity index (χ1n) is 3.91. The van der Waals surface area contributed by atoms with Crippen molar-refractivity contribution in [3.8, 4) is 0 Å². The Balaban J connectivity index is 3.08. The second-order valence-corrected chi connectivity index (χ2v) is 2.74. The number of allylic oxidation sites excluding steroid dienone is 1. The van der Waals surface area contributed by atoms with E-state index in [1.54, 1.807) is 5.41 Å². The van der Waals surface area contributed by atoms with Crippen molar-refractivity contribution in [2.75, 3.05) is 0 Å². The topological polar surface area (TPSA) is 0 Å². The lowest BCUT2D eigenvalue weighted by atomic mass is 10.1. The summed E-state index contributed by atoms with van der Waals surface area (Å²) >= 11 is 4.04. The van der Waals surface area contributed by atoms with Crippen molar-refractivity contribution >= 4 is 24.8 Å². The van der Waals surface area contributed by atoms with E-state index in [0.717, 1.165) is 0 Å². The van der Waals surface area contributed by atoms with Gasteiger partial charge in [-0.15, -0.1) is 0 Å². The molecule has 0 N–H and O–H groups in total. The van der Waals surface area contributed by atoms with Crippen LogP contribution in [-0.4, -0.2) is 0 Å². The minimum Gasteiger partial charge on any atom is -0.151 e. The van der Waals surface area contributed by atoms with Crippen LogP contribution < -0.4 is 0 Å². The Morgan fingerprint density at radius 3 is 2.17 bits per heavy atom. The van der Waals surface area contributed by atoms with E-state index in [0.29, 0.717) is 0 Å². The van der Waals surface area contributed by atoms with Gasteiger partial charge in [0.05, 0.1) is 0 Å². The summed E-state index contributed by atoms with van der Waals surface area (Å²) in [4.78, 5) is 0. The van der Waals surface area contributed by atoms with Gasteiger partial charge in [-0.25, -0.2) is 0 Å². The summed E-state index contributed by atoms with van der Waals surface area (Å²) in [6.07, 6.45) is 6.10. The van der Waals surface area contributed by atoms with Crippen LogP contribution in [-0.2, 0) is 0 Å². The summed E-state index contributed by atoms with van der Waals surface area (Å²) in [5, 5.41) is 1.75. The van der Waals surface area contributed by atoms with Gasteiger partial charge in [-0.1, -0.05) is 36.4 Å². The lowest BCUT2D eigenvalue weighted by Gasteiger charge is -1.98. The molecule has 0 nitrogen and oxygen atoms in total. The zero-order valence-electron chi connectivity index (χ0n) is 7.07. The van der Waals surface area contributed by atoms with Crippen LogP contribution in [0.5, 0.6) is 0 Å². The number of hydrogen-bond donors (Lipinski definition) is 1. The highest BCUT2D eigenvalue weighted by atomic mass is 32.1. The quantitative estimate of drug-likeness (QED) is 0.654. The molecule has 0 heterocycles. The maximum absolute atomic E-state index is 4.04. The number of hydrogen-bond acceptors (Lipinski definition) is 1. The summed E-state index contributed by atoms with van der Waals surface area (Å²) in [6.45, 7) is 2.02. The van der Waals surface area contributed by atoms with Crippen LogP contribution in [0.2, 0.25) is 0 Å². The summed E-state index contributed by atoms with van der Waals surface area (Å²) in [5.41, 5.74) is 2.43. The highest BCUT2D eigenvalue weighted by Crippen LogP contribution is 2.12. The Morgan fingerprint density at radius 2 is 1.67 bits per heavy atom. The normalized spacial score (nSPS) is 11.5. The zero-order chi connectivity index (χ0) is 8.81. The standard InChI is InChI=1S/C11H12S/c1-2-5-10-6-3-4-7-11(10)8-9-12/h2-9,12H,1H3/b5-2-,9-8+. The van der Waals surface area contributed by atoms with E-state index in [1.165, 1.54) is 11.1 Å². The fourth-order valence-electron chi connectivity index (χ4n) is 1.07. The van der Waals surface area contributed by atoms with Crippen LogP contribution >= 0.6 is 12.6 Å². The van der Waals surface area contributed by atoms with E-state index in [2.05, 4.69) is 30.8 Å². The first-order valence-corrected chi connectivity index (χ1v) is 4.42. The van der Waals surface area contributed by atoms with Crippen LogP contribution in [0.1, 0.15) is 18.1 Å². The average molecular weight is 176 g/mol. The Morgan fingerprint density at radius 1 is 1.08 bits per heavy atom. The van der Waals surface area contributed by atoms with Gasteiger partial charge < -0.3 is 0 Å². The molecule has 0 aliphatic rings. The van der Waals surface area contributed by atoms with E-state index in [9.17, 15) is 0 Å². The van der Waals surface area contributed by atoms with Gasteiger partial charge >= 0.3 is 0 Å². The van der Waals surface area contributed by atoms with Gasteiger partial charge in [-0.3, -0.25) is 0 Å². The van der Waals surface area contributed by atoms with Crippen molar-refractivity contribution in [1.29, 1.82) is 0 Å². The Labute approximate surface area is 79.0 Å². The van der Waals surface area contributed by atoms with Gasteiger partial charge in [-0.05, 0) is 29.5 Å². The number of thiol groups is 1. The molecule has 0 saturated heterocycles. The summed E-state index contributed by atoms with van der Waals surface area (Å²) < 4.78 is 0. The van der Waals surface area contributed by atoms with Gasteiger partial charge in [0.1, 0.15) is 0 Å². The van der Waals surface area contributed by atoms with Gasteiger partial charge in [-0.2, -0.15) is 12.6 Å². The average Bonchev–Trinajstić information content (AvgIpc) is 2.09. The Bertz CT molecular complexity index is 267. The predicted molar refractivity (Wildman–Crippen MR) is 59.2 cm³/mol. The van der Waals surface area contributed by atoms with Crippen molar-refractivity contribution in [2.45, 2.75) is 6.92 Å². The second-order valence-electron chi connectivity index (χ2n) is 2.44. The molecule has 1 heteroatoms. The molecule has 0 radical (unpaired) electrons. The molecule has 0 aliphatic carbocycles. The first kappa shape index (κ1) is 9.14. The summed E-state index contributed by atoms with van der Waals surface area (Å²) in [6, 6.07) is 8.21. The van der Waals surface area contributed by atoms with Crippen molar-refractivity contribution < 1.29 is 0 Å². The third-order valence-electron chi connectivity index (χ3n) is 1.60. The predicted octanol–water partition coefficient (Wildman–Crippen LogP) is 3.62. The van der Waals surface area contributed by atoms with Gasteiger partial charge in [0.15, 0.2) is 0 Å². The third kappa shape index (κ3) is 2.28. The van der Waals surface area contributed by atoms with E-state index < -0.39 is 0 Å². The van der Waals surface area contributed by atoms with E-state index >= 15 is 0 Å². The highest BCUT2D eigenvalue weighted by Gasteiger charge is 1.91. The van der Waals surface area contributed by atoms with E-state index in [1.807, 2.05) is 31.2 Å². The molecule has 0 amide bonds. The summed E-state index contributed by atoms with van der Waals surface area (Å²) in [5.74, 6) is 0. The zero-order valence-corrected chi connectivity index (χ0v) is 7.96.